The lowest BCUT2D eigenvalue weighted by Gasteiger charge is -2.21. The molecule has 3 aromatic rings. The zero-order valence-electron chi connectivity index (χ0n) is 19.0. The van der Waals surface area contributed by atoms with Crippen molar-refractivity contribution in [1.29, 1.82) is 0 Å². The minimum Gasteiger partial charge on any atom is -0.493 e. The van der Waals surface area contributed by atoms with Gasteiger partial charge in [-0.15, -0.1) is 0 Å². The Bertz CT molecular complexity index is 994. The molecule has 32 heavy (non-hydrogen) atoms. The summed E-state index contributed by atoms with van der Waals surface area (Å²) in [6.07, 6.45) is 1.57. The maximum Gasteiger partial charge on any atom is 0.226 e. The van der Waals surface area contributed by atoms with Crippen molar-refractivity contribution in [2.75, 3.05) is 27.9 Å². The number of ether oxygens (including phenoxy) is 3. The van der Waals surface area contributed by atoms with Gasteiger partial charge in [0.1, 0.15) is 0 Å². The molecule has 8 heteroatoms. The number of amides is 1. The van der Waals surface area contributed by atoms with E-state index in [1.54, 1.807) is 33.5 Å². The molecule has 0 aliphatic heterocycles. The molecule has 0 fully saturated rings. The van der Waals surface area contributed by atoms with Crippen LogP contribution in [0.2, 0.25) is 0 Å². The Morgan fingerprint density at radius 2 is 1.72 bits per heavy atom. The maximum atomic E-state index is 12.6. The minimum atomic E-state index is 0.112. The van der Waals surface area contributed by atoms with Gasteiger partial charge in [-0.2, -0.15) is 4.98 Å². The van der Waals surface area contributed by atoms with Gasteiger partial charge in [0.05, 0.1) is 21.3 Å². The van der Waals surface area contributed by atoms with E-state index >= 15 is 0 Å². The van der Waals surface area contributed by atoms with Crippen LogP contribution in [0.25, 0.3) is 11.4 Å². The monoisotopic (exact) mass is 439 g/mol. The van der Waals surface area contributed by atoms with E-state index in [0.717, 1.165) is 5.56 Å². The number of aromatic nitrogens is 2. The third-order valence-corrected chi connectivity index (χ3v) is 5.12. The van der Waals surface area contributed by atoms with Crippen molar-refractivity contribution < 1.29 is 23.5 Å². The molecule has 170 valence electrons. The van der Waals surface area contributed by atoms with E-state index in [2.05, 4.69) is 10.1 Å². The quantitative estimate of drug-likeness (QED) is 0.444. The summed E-state index contributed by atoms with van der Waals surface area (Å²) in [7, 11) is 4.65. The Labute approximate surface area is 188 Å². The van der Waals surface area contributed by atoms with E-state index in [1.807, 2.05) is 42.2 Å². The van der Waals surface area contributed by atoms with Gasteiger partial charge in [-0.25, -0.2) is 0 Å². The first-order valence-corrected chi connectivity index (χ1v) is 10.5. The van der Waals surface area contributed by atoms with Crippen LogP contribution in [0.3, 0.4) is 0 Å². The van der Waals surface area contributed by atoms with Gasteiger partial charge >= 0.3 is 0 Å². The summed E-state index contributed by atoms with van der Waals surface area (Å²) in [5, 5.41) is 4.06. The molecule has 8 nitrogen and oxygen atoms in total. The predicted molar refractivity (Wildman–Crippen MR) is 120 cm³/mol. The van der Waals surface area contributed by atoms with Crippen molar-refractivity contribution in [2.45, 2.75) is 32.7 Å². The number of carbonyl (C=O) groups is 1. The normalized spacial score (nSPS) is 10.6. The lowest BCUT2D eigenvalue weighted by atomic mass is 10.1. The van der Waals surface area contributed by atoms with Gasteiger partial charge in [0, 0.05) is 31.5 Å². The maximum absolute atomic E-state index is 12.6. The van der Waals surface area contributed by atoms with Gasteiger partial charge < -0.3 is 23.6 Å². The second kappa shape index (κ2) is 11.2. The third kappa shape index (κ3) is 5.57. The van der Waals surface area contributed by atoms with E-state index in [0.29, 0.717) is 66.9 Å². The van der Waals surface area contributed by atoms with Crippen LogP contribution < -0.4 is 14.2 Å². The van der Waals surface area contributed by atoms with Gasteiger partial charge in [0.25, 0.3) is 0 Å². The molecule has 0 saturated carbocycles. The lowest BCUT2D eigenvalue weighted by molar-refractivity contribution is -0.131. The fraction of sp³-hybridized carbons (Fsp3) is 0.375. The second-order valence-electron chi connectivity index (χ2n) is 7.17. The molecule has 1 aromatic heterocycles. The van der Waals surface area contributed by atoms with Gasteiger partial charge in [-0.1, -0.05) is 35.5 Å². The zero-order chi connectivity index (χ0) is 22.9. The first-order chi connectivity index (χ1) is 15.6. The van der Waals surface area contributed by atoms with Gasteiger partial charge in [0.2, 0.25) is 23.4 Å². The number of benzene rings is 2. The van der Waals surface area contributed by atoms with Crippen molar-refractivity contribution in [3.05, 3.63) is 53.9 Å². The summed E-state index contributed by atoms with van der Waals surface area (Å²) < 4.78 is 21.5. The van der Waals surface area contributed by atoms with Crippen molar-refractivity contribution in [3.63, 3.8) is 0 Å². The summed E-state index contributed by atoms with van der Waals surface area (Å²) in [4.78, 5) is 18.9. The van der Waals surface area contributed by atoms with Crippen LogP contribution in [0.15, 0.2) is 47.0 Å². The molecule has 0 atom stereocenters. The van der Waals surface area contributed by atoms with Crippen molar-refractivity contribution in [2.24, 2.45) is 0 Å². The van der Waals surface area contributed by atoms with Crippen LogP contribution in [-0.2, 0) is 17.8 Å². The highest BCUT2D eigenvalue weighted by molar-refractivity contribution is 5.76. The second-order valence-corrected chi connectivity index (χ2v) is 7.17. The Kier molecular flexibility index (Phi) is 8.08. The van der Waals surface area contributed by atoms with Crippen LogP contribution in [0.4, 0.5) is 0 Å². The Balaban J connectivity index is 1.60. The molecular formula is C24H29N3O5. The lowest BCUT2D eigenvalue weighted by Crippen LogP contribution is -2.30. The number of carbonyl (C=O) groups excluding carboxylic acids is 1. The first-order valence-electron chi connectivity index (χ1n) is 10.5. The van der Waals surface area contributed by atoms with E-state index in [1.165, 1.54) is 0 Å². The predicted octanol–water partition coefficient (Wildman–Crippen LogP) is 4.13. The number of hydrogen-bond donors (Lipinski definition) is 0. The standard InChI is InChI=1S/C24H29N3O5/c1-5-27(16-17-10-7-6-8-11-17)22(28)13-9-12-21-25-24(26-32-21)18-14-19(29-2)23(31-4)20(15-18)30-3/h6-8,10-11,14-15H,5,9,12-13,16H2,1-4H3. The van der Waals surface area contributed by atoms with Crippen LogP contribution in [0.5, 0.6) is 17.2 Å². The van der Waals surface area contributed by atoms with Crippen molar-refractivity contribution in [3.8, 4) is 28.6 Å². The molecular weight excluding hydrogens is 410 g/mol. The van der Waals surface area contributed by atoms with E-state index in [9.17, 15) is 4.79 Å². The molecule has 0 unspecified atom stereocenters. The van der Waals surface area contributed by atoms with Gasteiger partial charge in [-0.05, 0) is 31.0 Å². The first kappa shape index (κ1) is 23.1. The molecule has 0 N–H and O–H groups in total. The third-order valence-electron chi connectivity index (χ3n) is 5.12. The van der Waals surface area contributed by atoms with Crippen LogP contribution in [0.1, 0.15) is 31.2 Å². The van der Waals surface area contributed by atoms with Crippen molar-refractivity contribution in [1.82, 2.24) is 15.0 Å². The van der Waals surface area contributed by atoms with E-state index in [4.69, 9.17) is 18.7 Å². The Hall–Kier alpha value is -3.55. The largest absolute Gasteiger partial charge is 0.493 e. The summed E-state index contributed by atoms with van der Waals surface area (Å²) in [5.74, 6) is 2.53. The minimum absolute atomic E-state index is 0.112. The molecule has 2 aromatic carbocycles. The summed E-state index contributed by atoms with van der Waals surface area (Å²) >= 11 is 0. The summed E-state index contributed by atoms with van der Waals surface area (Å²) in [5.41, 5.74) is 1.81. The number of aryl methyl sites for hydroxylation is 1. The fourth-order valence-electron chi connectivity index (χ4n) is 3.41. The van der Waals surface area contributed by atoms with Crippen LogP contribution in [-0.4, -0.2) is 48.8 Å². The number of rotatable bonds is 11. The Morgan fingerprint density at radius 3 is 2.31 bits per heavy atom. The van der Waals surface area contributed by atoms with Gasteiger partial charge in [-0.3, -0.25) is 4.79 Å². The molecule has 0 aliphatic rings. The molecule has 3 rings (SSSR count). The number of nitrogens with zero attached hydrogens (tertiary/aromatic N) is 3. The van der Waals surface area contributed by atoms with Crippen molar-refractivity contribution >= 4 is 5.91 Å². The smallest absolute Gasteiger partial charge is 0.226 e. The van der Waals surface area contributed by atoms with E-state index in [-0.39, 0.29) is 5.91 Å². The highest BCUT2D eigenvalue weighted by Gasteiger charge is 2.18. The summed E-state index contributed by atoms with van der Waals surface area (Å²) in [6.45, 7) is 3.27. The molecule has 0 spiro atoms. The average Bonchev–Trinajstić information content (AvgIpc) is 3.31. The number of methoxy groups -OCH3 is 3. The SMILES string of the molecule is CCN(Cc1ccccc1)C(=O)CCCc1nc(-c2cc(OC)c(OC)c(OC)c2)no1. The number of hydrogen-bond acceptors (Lipinski definition) is 7. The average molecular weight is 440 g/mol. The topological polar surface area (TPSA) is 86.9 Å². The van der Waals surface area contributed by atoms with Crippen LogP contribution >= 0.6 is 0 Å². The Morgan fingerprint density at radius 1 is 1.03 bits per heavy atom. The highest BCUT2D eigenvalue weighted by atomic mass is 16.5. The molecule has 1 amide bonds. The molecule has 1 heterocycles. The van der Waals surface area contributed by atoms with E-state index < -0.39 is 0 Å². The highest BCUT2D eigenvalue weighted by Crippen LogP contribution is 2.40. The molecule has 0 radical (unpaired) electrons. The molecule has 0 aliphatic carbocycles. The molecule has 0 saturated heterocycles. The van der Waals surface area contributed by atoms with Crippen LogP contribution in [0, 0.1) is 0 Å². The summed E-state index contributed by atoms with van der Waals surface area (Å²) in [6, 6.07) is 13.5. The van der Waals surface area contributed by atoms with Gasteiger partial charge in [0.15, 0.2) is 11.5 Å². The fourth-order valence-corrected chi connectivity index (χ4v) is 3.41. The zero-order valence-corrected chi connectivity index (χ0v) is 19.0. The molecule has 0 bridgehead atoms.